The van der Waals surface area contributed by atoms with Gasteiger partial charge in [-0.15, -0.1) is 0 Å². The maximum absolute atomic E-state index is 7.75. The zero-order chi connectivity index (χ0) is 4.12. The summed E-state index contributed by atoms with van der Waals surface area (Å²) in [4.78, 5) is 0. The van der Waals surface area contributed by atoms with E-state index in [0.717, 1.165) is 0 Å². The van der Waals surface area contributed by atoms with Gasteiger partial charge in [0.05, 0.1) is 6.07 Å². The zero-order valence-electron chi connectivity index (χ0n) is 3.77. The Hall–Kier alpha value is 0.840. The van der Waals surface area contributed by atoms with Crippen LogP contribution in [0.15, 0.2) is 0 Å². The minimum atomic E-state index is 0. The summed E-state index contributed by atoms with van der Waals surface area (Å²) in [5.41, 5.74) is 0. The Morgan fingerprint density at radius 3 is 2.17 bits per heavy atom. The second-order valence-corrected chi connectivity index (χ2v) is 1.02. The summed E-state index contributed by atoms with van der Waals surface area (Å²) < 4.78 is 0. The molecule has 0 saturated carbocycles. The quantitative estimate of drug-likeness (QED) is 0.273. The van der Waals surface area contributed by atoms with Crippen molar-refractivity contribution in [3.63, 3.8) is 0 Å². The monoisotopic (exact) mass is 109 g/mol. The fourth-order valence-corrected chi connectivity index (χ4v) is 0.137. The van der Waals surface area contributed by atoms with Crippen LogP contribution in [-0.4, -0.2) is 5.75 Å². The largest absolute Gasteiger partial charge is 1.00 e. The number of nitriles is 1. The molecule has 0 aliphatic rings. The predicted octanol–water partition coefficient (Wildman–Crippen LogP) is -2.55. The molecule has 28 valence electrons. The molecule has 0 radical (unpaired) electrons. The Kier molecular flexibility index (Phi) is 15.4. The van der Waals surface area contributed by atoms with Crippen molar-refractivity contribution in [3.05, 3.63) is 0 Å². The zero-order valence-corrected chi connectivity index (χ0v) is 6.59. The van der Waals surface area contributed by atoms with Crippen molar-refractivity contribution < 1.29 is 29.6 Å². The maximum atomic E-state index is 7.75. The molecule has 0 aromatic carbocycles. The van der Waals surface area contributed by atoms with Gasteiger partial charge in [0.2, 0.25) is 0 Å². The van der Waals surface area contributed by atoms with Gasteiger partial charge in [0.1, 0.15) is 0 Å². The molecule has 0 aliphatic heterocycles. The standard InChI is InChI=1S/C3H5NS.Na/c4-2-1-3-5;/h5H,1,3H2;/q;+1/p-1. The molecule has 0 aliphatic carbocycles. The topological polar surface area (TPSA) is 23.8 Å². The van der Waals surface area contributed by atoms with Crippen LogP contribution in [0.1, 0.15) is 6.42 Å². The molecule has 0 rings (SSSR count). The second kappa shape index (κ2) is 9.28. The Morgan fingerprint density at radius 2 is 2.17 bits per heavy atom. The molecule has 0 atom stereocenters. The average molecular weight is 109 g/mol. The van der Waals surface area contributed by atoms with Crippen LogP contribution in [0.2, 0.25) is 0 Å². The molecular formula is C3H4NNaS. The third kappa shape index (κ3) is 8.85. The minimum absolute atomic E-state index is 0. The van der Waals surface area contributed by atoms with E-state index in [1.807, 2.05) is 6.07 Å². The third-order valence-corrected chi connectivity index (χ3v) is 0.418. The van der Waals surface area contributed by atoms with Gasteiger partial charge in [0.15, 0.2) is 0 Å². The molecule has 6 heavy (non-hydrogen) atoms. The van der Waals surface area contributed by atoms with Crippen LogP contribution in [0.3, 0.4) is 0 Å². The van der Waals surface area contributed by atoms with E-state index in [4.69, 9.17) is 5.26 Å². The summed E-state index contributed by atoms with van der Waals surface area (Å²) in [6.45, 7) is 0. The average Bonchev–Trinajstić information content (AvgIpc) is 1.41. The van der Waals surface area contributed by atoms with Crippen molar-refractivity contribution in [2.75, 3.05) is 5.75 Å². The second-order valence-electron chi connectivity index (χ2n) is 0.612. The molecule has 0 bridgehead atoms. The fraction of sp³-hybridized carbons (Fsp3) is 0.667. The van der Waals surface area contributed by atoms with E-state index >= 15 is 0 Å². The first-order valence-corrected chi connectivity index (χ1v) is 1.94. The van der Waals surface area contributed by atoms with E-state index in [9.17, 15) is 0 Å². The van der Waals surface area contributed by atoms with Crippen molar-refractivity contribution in [1.82, 2.24) is 0 Å². The van der Waals surface area contributed by atoms with Gasteiger partial charge in [-0.25, -0.2) is 0 Å². The SMILES string of the molecule is N#CCC[S-].[Na+]. The van der Waals surface area contributed by atoms with Crippen LogP contribution < -0.4 is 29.6 Å². The molecule has 1 nitrogen and oxygen atoms in total. The fourth-order valence-electron chi connectivity index (χ4n) is 0.0456. The number of rotatable bonds is 1. The van der Waals surface area contributed by atoms with E-state index in [-0.39, 0.29) is 29.6 Å². The van der Waals surface area contributed by atoms with E-state index in [1.54, 1.807) is 0 Å². The molecular weight excluding hydrogens is 105 g/mol. The van der Waals surface area contributed by atoms with Crippen LogP contribution in [0.25, 0.3) is 0 Å². The van der Waals surface area contributed by atoms with Crippen molar-refractivity contribution in [1.29, 1.82) is 5.26 Å². The van der Waals surface area contributed by atoms with E-state index in [0.29, 0.717) is 12.2 Å². The molecule has 0 amide bonds. The Morgan fingerprint density at radius 1 is 1.67 bits per heavy atom. The molecule has 0 heterocycles. The summed E-state index contributed by atoms with van der Waals surface area (Å²) in [6.07, 6.45) is 0.509. The van der Waals surface area contributed by atoms with Crippen LogP contribution in [0.4, 0.5) is 0 Å². The van der Waals surface area contributed by atoms with Crippen LogP contribution >= 0.6 is 0 Å². The van der Waals surface area contributed by atoms with E-state index in [2.05, 4.69) is 12.6 Å². The first-order valence-electron chi connectivity index (χ1n) is 1.37. The smallest absolute Gasteiger partial charge is 0.792 e. The molecule has 0 spiro atoms. The number of hydrogen-bond donors (Lipinski definition) is 0. The third-order valence-electron chi connectivity index (χ3n) is 0.214. The van der Waals surface area contributed by atoms with Gasteiger partial charge in [-0.05, 0) is 0 Å². The van der Waals surface area contributed by atoms with Crippen molar-refractivity contribution in [2.45, 2.75) is 6.42 Å². The first kappa shape index (κ1) is 9.96. The molecule has 0 fully saturated rings. The van der Waals surface area contributed by atoms with Gasteiger partial charge in [-0.1, -0.05) is 0 Å². The van der Waals surface area contributed by atoms with Gasteiger partial charge in [0.25, 0.3) is 0 Å². The molecule has 3 heteroatoms. The normalized spacial score (nSPS) is 5.33. The van der Waals surface area contributed by atoms with Crippen molar-refractivity contribution >= 4 is 12.6 Å². The molecule has 0 unspecified atom stereocenters. The predicted molar refractivity (Wildman–Crippen MR) is 22.5 cm³/mol. The Bertz CT molecular complexity index is 49.2. The van der Waals surface area contributed by atoms with Crippen LogP contribution in [-0.2, 0) is 12.6 Å². The summed E-state index contributed by atoms with van der Waals surface area (Å²) in [7, 11) is 0. The van der Waals surface area contributed by atoms with Gasteiger partial charge in [0, 0.05) is 6.42 Å². The minimum Gasteiger partial charge on any atom is -0.792 e. The summed E-state index contributed by atoms with van der Waals surface area (Å²) >= 11 is 4.43. The van der Waals surface area contributed by atoms with Crippen molar-refractivity contribution in [2.24, 2.45) is 0 Å². The van der Waals surface area contributed by atoms with E-state index in [1.165, 1.54) is 0 Å². The van der Waals surface area contributed by atoms with E-state index < -0.39 is 0 Å². The summed E-state index contributed by atoms with van der Waals surface area (Å²) in [5.74, 6) is 0.566. The Balaban J connectivity index is 0. The molecule has 0 aromatic heterocycles. The first-order chi connectivity index (χ1) is 2.41. The van der Waals surface area contributed by atoms with Gasteiger partial charge in [-0.3, -0.25) is 0 Å². The maximum Gasteiger partial charge on any atom is 1.00 e. The molecule has 0 saturated heterocycles. The van der Waals surface area contributed by atoms with Gasteiger partial charge >= 0.3 is 29.6 Å². The summed E-state index contributed by atoms with van der Waals surface area (Å²) in [6, 6.07) is 1.91. The number of nitrogens with zero attached hydrogens (tertiary/aromatic N) is 1. The number of hydrogen-bond acceptors (Lipinski definition) is 2. The summed E-state index contributed by atoms with van der Waals surface area (Å²) in [5, 5.41) is 7.75. The molecule has 0 aromatic rings. The van der Waals surface area contributed by atoms with Gasteiger partial charge in [-0.2, -0.15) is 11.0 Å². The van der Waals surface area contributed by atoms with Crippen LogP contribution in [0.5, 0.6) is 0 Å². The Labute approximate surface area is 65.4 Å². The van der Waals surface area contributed by atoms with Crippen molar-refractivity contribution in [3.8, 4) is 6.07 Å². The van der Waals surface area contributed by atoms with Gasteiger partial charge < -0.3 is 12.6 Å². The van der Waals surface area contributed by atoms with Crippen LogP contribution in [0, 0.1) is 11.3 Å². The molecule has 0 N–H and O–H groups in total.